The van der Waals surface area contributed by atoms with Crippen LogP contribution in [0.2, 0.25) is 0 Å². The van der Waals surface area contributed by atoms with Gasteiger partial charge in [-0.25, -0.2) is 17.6 Å². The van der Waals surface area contributed by atoms with Gasteiger partial charge < -0.3 is 10.1 Å². The maximum Gasteiger partial charge on any atom is 0.338 e. The maximum atomic E-state index is 13.7. The van der Waals surface area contributed by atoms with Crippen LogP contribution >= 0.6 is 0 Å². The van der Waals surface area contributed by atoms with Gasteiger partial charge in [0.25, 0.3) is 10.0 Å². The first-order valence-corrected chi connectivity index (χ1v) is 7.98. The molecule has 0 saturated carbocycles. The largest absolute Gasteiger partial charge is 0.478 e. The highest BCUT2D eigenvalue weighted by Crippen LogP contribution is 2.22. The molecule has 6 nitrogen and oxygen atoms in total. The standard InChI is InChI=1S/C15H11FN2O4S/c16-13-8-11(3-4-12(13)15(19)20)23(21,22)18-10-2-1-9-5-6-17-14(9)7-10/h1-8,17-18H,(H,19,20). The molecule has 0 bridgehead atoms. The smallest absolute Gasteiger partial charge is 0.338 e. The lowest BCUT2D eigenvalue weighted by molar-refractivity contribution is 0.0691. The van der Waals surface area contributed by atoms with Gasteiger partial charge in [-0.15, -0.1) is 0 Å². The number of aromatic nitrogens is 1. The lowest BCUT2D eigenvalue weighted by Crippen LogP contribution is -2.14. The molecule has 1 heterocycles. The summed E-state index contributed by atoms with van der Waals surface area (Å²) in [6, 6.07) is 9.40. The molecule has 0 atom stereocenters. The molecule has 23 heavy (non-hydrogen) atoms. The van der Waals surface area contributed by atoms with Crippen LogP contribution < -0.4 is 4.72 Å². The van der Waals surface area contributed by atoms with E-state index in [1.54, 1.807) is 24.4 Å². The SMILES string of the molecule is O=C(O)c1ccc(S(=O)(=O)Nc2ccc3cc[nH]c3c2)cc1F. The first kappa shape index (κ1) is 15.0. The van der Waals surface area contributed by atoms with Crippen LogP contribution in [0.5, 0.6) is 0 Å². The number of anilines is 1. The van der Waals surface area contributed by atoms with E-state index < -0.39 is 27.4 Å². The summed E-state index contributed by atoms with van der Waals surface area (Å²) in [5, 5.41) is 9.69. The summed E-state index contributed by atoms with van der Waals surface area (Å²) in [4.78, 5) is 13.4. The van der Waals surface area contributed by atoms with E-state index in [1.165, 1.54) is 0 Å². The Morgan fingerprint density at radius 2 is 1.91 bits per heavy atom. The van der Waals surface area contributed by atoms with Gasteiger partial charge in [0.2, 0.25) is 0 Å². The highest BCUT2D eigenvalue weighted by Gasteiger charge is 2.19. The van der Waals surface area contributed by atoms with Gasteiger partial charge in [-0.3, -0.25) is 4.72 Å². The van der Waals surface area contributed by atoms with Crippen molar-refractivity contribution in [2.45, 2.75) is 4.90 Å². The number of carboxylic acid groups (broad SMARTS) is 1. The molecular weight excluding hydrogens is 323 g/mol. The first-order valence-electron chi connectivity index (χ1n) is 6.50. The highest BCUT2D eigenvalue weighted by atomic mass is 32.2. The summed E-state index contributed by atoms with van der Waals surface area (Å²) < 4.78 is 40.5. The van der Waals surface area contributed by atoms with Gasteiger partial charge in [-0.2, -0.15) is 0 Å². The van der Waals surface area contributed by atoms with Crippen LogP contribution in [0, 0.1) is 5.82 Å². The second-order valence-corrected chi connectivity index (χ2v) is 6.51. The Balaban J connectivity index is 1.94. The number of H-pyrrole nitrogens is 1. The zero-order valence-electron chi connectivity index (χ0n) is 11.6. The second-order valence-electron chi connectivity index (χ2n) is 4.83. The molecule has 3 N–H and O–H groups in total. The lowest BCUT2D eigenvalue weighted by atomic mass is 10.2. The number of carboxylic acids is 1. The fraction of sp³-hybridized carbons (Fsp3) is 0. The number of hydrogen-bond donors (Lipinski definition) is 3. The fourth-order valence-corrected chi connectivity index (χ4v) is 3.22. The molecule has 118 valence electrons. The summed E-state index contributed by atoms with van der Waals surface area (Å²) in [5.41, 5.74) is 0.469. The highest BCUT2D eigenvalue weighted by molar-refractivity contribution is 7.92. The molecule has 0 aliphatic heterocycles. The minimum absolute atomic E-state index is 0.308. The number of benzene rings is 2. The molecule has 1 aromatic heterocycles. The van der Waals surface area contributed by atoms with Crippen LogP contribution in [0.25, 0.3) is 10.9 Å². The fourth-order valence-electron chi connectivity index (χ4n) is 2.16. The van der Waals surface area contributed by atoms with E-state index in [2.05, 4.69) is 9.71 Å². The van der Waals surface area contributed by atoms with Crippen molar-refractivity contribution in [3.63, 3.8) is 0 Å². The lowest BCUT2D eigenvalue weighted by Gasteiger charge is -2.09. The summed E-state index contributed by atoms with van der Waals surface area (Å²) in [6.07, 6.45) is 1.73. The van der Waals surface area contributed by atoms with Gasteiger partial charge in [-0.1, -0.05) is 6.07 Å². The molecule has 2 aromatic carbocycles. The van der Waals surface area contributed by atoms with Gasteiger partial charge in [0.05, 0.1) is 16.1 Å². The van der Waals surface area contributed by atoms with Crippen LogP contribution in [0.3, 0.4) is 0 Å². The minimum atomic E-state index is -4.03. The molecule has 0 aliphatic rings. The summed E-state index contributed by atoms with van der Waals surface area (Å²) in [6.45, 7) is 0. The van der Waals surface area contributed by atoms with E-state index in [0.717, 1.165) is 23.0 Å². The Labute approximate surface area is 130 Å². The van der Waals surface area contributed by atoms with Crippen molar-refractivity contribution < 1.29 is 22.7 Å². The number of sulfonamides is 1. The van der Waals surface area contributed by atoms with E-state index in [9.17, 15) is 17.6 Å². The Morgan fingerprint density at radius 1 is 1.13 bits per heavy atom. The number of aromatic amines is 1. The van der Waals surface area contributed by atoms with Gasteiger partial charge >= 0.3 is 5.97 Å². The third-order valence-electron chi connectivity index (χ3n) is 3.29. The summed E-state index contributed by atoms with van der Waals surface area (Å²) >= 11 is 0. The zero-order valence-corrected chi connectivity index (χ0v) is 12.4. The molecule has 0 aliphatic carbocycles. The molecule has 0 saturated heterocycles. The van der Waals surface area contributed by atoms with Crippen molar-refractivity contribution in [3.05, 3.63) is 60.0 Å². The van der Waals surface area contributed by atoms with Crippen molar-refractivity contribution in [2.75, 3.05) is 4.72 Å². The van der Waals surface area contributed by atoms with E-state index in [0.29, 0.717) is 11.8 Å². The Bertz CT molecular complexity index is 1010. The third-order valence-corrected chi connectivity index (χ3v) is 4.67. The molecule has 8 heteroatoms. The van der Waals surface area contributed by atoms with Crippen molar-refractivity contribution in [3.8, 4) is 0 Å². The molecule has 3 aromatic rings. The predicted molar refractivity (Wildman–Crippen MR) is 82.5 cm³/mol. The molecular formula is C15H11FN2O4S. The van der Waals surface area contributed by atoms with Gasteiger partial charge in [0, 0.05) is 11.7 Å². The average Bonchev–Trinajstić information content (AvgIpc) is 2.93. The number of carbonyl (C=O) groups is 1. The normalized spacial score (nSPS) is 11.5. The zero-order chi connectivity index (χ0) is 16.6. The summed E-state index contributed by atoms with van der Waals surface area (Å²) in [7, 11) is -4.03. The first-order chi connectivity index (χ1) is 10.9. The van der Waals surface area contributed by atoms with E-state index >= 15 is 0 Å². The number of aromatic carboxylic acids is 1. The molecule has 0 spiro atoms. The number of fused-ring (bicyclic) bond motifs is 1. The summed E-state index contributed by atoms with van der Waals surface area (Å²) in [5.74, 6) is -2.57. The Hall–Kier alpha value is -2.87. The Kier molecular flexibility index (Phi) is 3.53. The minimum Gasteiger partial charge on any atom is -0.478 e. The van der Waals surface area contributed by atoms with Crippen LogP contribution in [0.4, 0.5) is 10.1 Å². The number of rotatable bonds is 4. The third kappa shape index (κ3) is 2.88. The van der Waals surface area contributed by atoms with Crippen molar-refractivity contribution in [1.82, 2.24) is 4.98 Å². The molecule has 3 rings (SSSR count). The van der Waals surface area contributed by atoms with Gasteiger partial charge in [0.1, 0.15) is 5.82 Å². The second kappa shape index (κ2) is 5.40. The quantitative estimate of drug-likeness (QED) is 0.683. The monoisotopic (exact) mass is 334 g/mol. The topological polar surface area (TPSA) is 99.3 Å². The predicted octanol–water partition coefficient (Wildman–Crippen LogP) is 2.81. The van der Waals surface area contributed by atoms with Crippen LogP contribution in [-0.4, -0.2) is 24.5 Å². The average molecular weight is 334 g/mol. The van der Waals surface area contributed by atoms with E-state index in [1.807, 2.05) is 6.07 Å². The van der Waals surface area contributed by atoms with Crippen LogP contribution in [0.1, 0.15) is 10.4 Å². The van der Waals surface area contributed by atoms with Gasteiger partial charge in [0.15, 0.2) is 0 Å². The maximum absolute atomic E-state index is 13.7. The van der Waals surface area contributed by atoms with E-state index in [4.69, 9.17) is 5.11 Å². The number of nitrogens with one attached hydrogen (secondary N) is 2. The molecule has 0 fully saturated rings. The van der Waals surface area contributed by atoms with Crippen LogP contribution in [-0.2, 0) is 10.0 Å². The van der Waals surface area contributed by atoms with E-state index in [-0.39, 0.29) is 4.90 Å². The van der Waals surface area contributed by atoms with Crippen molar-refractivity contribution in [1.29, 1.82) is 0 Å². The van der Waals surface area contributed by atoms with Crippen molar-refractivity contribution in [2.24, 2.45) is 0 Å². The molecule has 0 amide bonds. The van der Waals surface area contributed by atoms with Gasteiger partial charge in [-0.05, 0) is 41.8 Å². The number of halogens is 1. The molecule has 0 unspecified atom stereocenters. The van der Waals surface area contributed by atoms with Crippen LogP contribution in [0.15, 0.2) is 53.6 Å². The molecule has 0 radical (unpaired) electrons. The Morgan fingerprint density at radius 3 is 2.61 bits per heavy atom. The number of hydrogen-bond acceptors (Lipinski definition) is 3. The van der Waals surface area contributed by atoms with Crippen molar-refractivity contribution >= 4 is 32.6 Å².